The zero-order valence-corrected chi connectivity index (χ0v) is 18.1. The van der Waals surface area contributed by atoms with Gasteiger partial charge in [0.1, 0.15) is 12.2 Å². The number of halogens is 1. The fraction of sp³-hybridized carbons (Fsp3) is 0.0909. The summed E-state index contributed by atoms with van der Waals surface area (Å²) in [4.78, 5) is 37.9. The Morgan fingerprint density at radius 3 is 2.75 bits per heavy atom. The Kier molecular flexibility index (Phi) is 6.78. The molecule has 1 aliphatic heterocycles. The molecular formula is C22H15ClN2O6S. The number of methoxy groups -OCH3 is 1. The van der Waals surface area contributed by atoms with Gasteiger partial charge in [-0.2, -0.15) is 0 Å². The average molecular weight is 471 g/mol. The van der Waals surface area contributed by atoms with Crippen LogP contribution >= 0.6 is 23.8 Å². The second kappa shape index (κ2) is 9.51. The minimum absolute atomic E-state index is 0.0286. The van der Waals surface area contributed by atoms with E-state index < -0.39 is 17.8 Å². The van der Waals surface area contributed by atoms with E-state index in [-0.39, 0.29) is 45.1 Å². The molecule has 0 atom stereocenters. The minimum atomic E-state index is -1.17. The zero-order valence-electron chi connectivity index (χ0n) is 16.5. The molecule has 3 rings (SSSR count). The number of nitrogens with zero attached hydrogens (tertiary/aromatic N) is 1. The van der Waals surface area contributed by atoms with E-state index in [2.05, 4.69) is 11.2 Å². The molecule has 8 nitrogen and oxygen atoms in total. The van der Waals surface area contributed by atoms with E-state index in [1.807, 2.05) is 0 Å². The van der Waals surface area contributed by atoms with Crippen LogP contribution in [0.2, 0.25) is 5.02 Å². The number of nitrogens with one attached hydrogen (secondary N) is 1. The largest absolute Gasteiger partial charge is 0.493 e. The molecule has 2 aromatic carbocycles. The molecule has 2 aromatic rings. The lowest BCUT2D eigenvalue weighted by atomic mass is 10.1. The van der Waals surface area contributed by atoms with Gasteiger partial charge in [-0.1, -0.05) is 23.6 Å². The number of carboxylic acid groups (broad SMARTS) is 1. The smallest absolute Gasteiger partial charge is 0.335 e. The summed E-state index contributed by atoms with van der Waals surface area (Å²) in [5.74, 6) is 0.183. The van der Waals surface area contributed by atoms with Crippen molar-refractivity contribution in [2.24, 2.45) is 0 Å². The number of carboxylic acids is 1. The molecule has 0 aromatic heterocycles. The molecule has 0 spiro atoms. The SMILES string of the molecule is C#CCOc1c(Cl)cc(C=C2C(=O)NC(=S)N(c3cccc(C(=O)O)c3)C2=O)cc1OC. The fourth-order valence-electron chi connectivity index (χ4n) is 2.91. The monoisotopic (exact) mass is 470 g/mol. The summed E-state index contributed by atoms with van der Waals surface area (Å²) in [6.45, 7) is -0.0286. The van der Waals surface area contributed by atoms with Gasteiger partial charge in [0.2, 0.25) is 0 Å². The highest BCUT2D eigenvalue weighted by Gasteiger charge is 2.34. The Morgan fingerprint density at radius 1 is 1.34 bits per heavy atom. The normalized spacial score (nSPS) is 14.7. The maximum Gasteiger partial charge on any atom is 0.335 e. The lowest BCUT2D eigenvalue weighted by Crippen LogP contribution is -2.54. The van der Waals surface area contributed by atoms with E-state index in [4.69, 9.17) is 39.7 Å². The molecule has 162 valence electrons. The maximum absolute atomic E-state index is 13.1. The van der Waals surface area contributed by atoms with Gasteiger partial charge in [-0.05, 0) is 54.2 Å². The molecule has 1 fully saturated rings. The van der Waals surface area contributed by atoms with Crippen molar-refractivity contribution in [1.29, 1.82) is 0 Å². The number of hydrogen-bond acceptors (Lipinski definition) is 6. The molecule has 2 amide bonds. The fourth-order valence-corrected chi connectivity index (χ4v) is 3.47. The lowest BCUT2D eigenvalue weighted by molar-refractivity contribution is -0.122. The summed E-state index contributed by atoms with van der Waals surface area (Å²) in [5.41, 5.74) is 0.291. The van der Waals surface area contributed by atoms with Gasteiger partial charge < -0.3 is 14.6 Å². The molecule has 0 saturated carbocycles. The van der Waals surface area contributed by atoms with Crippen molar-refractivity contribution in [2.75, 3.05) is 18.6 Å². The highest BCUT2D eigenvalue weighted by atomic mass is 35.5. The molecule has 1 heterocycles. The van der Waals surface area contributed by atoms with Crippen LogP contribution in [-0.2, 0) is 9.59 Å². The number of carbonyl (C=O) groups is 3. The van der Waals surface area contributed by atoms with Gasteiger partial charge in [0, 0.05) is 0 Å². The van der Waals surface area contributed by atoms with Crippen molar-refractivity contribution in [3.05, 3.63) is 58.1 Å². The first-order valence-electron chi connectivity index (χ1n) is 8.95. The Labute approximate surface area is 193 Å². The van der Waals surface area contributed by atoms with Crippen LogP contribution < -0.4 is 19.7 Å². The summed E-state index contributed by atoms with van der Waals surface area (Å²) in [5, 5.41) is 11.6. The summed E-state index contributed by atoms with van der Waals surface area (Å²) >= 11 is 11.4. The van der Waals surface area contributed by atoms with E-state index in [1.54, 1.807) is 0 Å². The molecule has 2 N–H and O–H groups in total. The van der Waals surface area contributed by atoms with Crippen LogP contribution in [0.1, 0.15) is 15.9 Å². The van der Waals surface area contributed by atoms with Crippen LogP contribution in [0, 0.1) is 12.3 Å². The maximum atomic E-state index is 13.1. The number of aromatic carboxylic acids is 1. The molecule has 1 aliphatic rings. The van der Waals surface area contributed by atoms with Crippen molar-refractivity contribution >= 4 is 58.5 Å². The molecule has 0 radical (unpaired) electrons. The number of thiocarbonyl (C=S) groups is 1. The van der Waals surface area contributed by atoms with Crippen LogP contribution in [0.15, 0.2) is 42.0 Å². The van der Waals surface area contributed by atoms with Crippen LogP contribution in [-0.4, -0.2) is 41.7 Å². The molecule has 1 saturated heterocycles. The van der Waals surface area contributed by atoms with E-state index >= 15 is 0 Å². The van der Waals surface area contributed by atoms with Crippen LogP contribution in [0.25, 0.3) is 6.08 Å². The summed E-state index contributed by atoms with van der Waals surface area (Å²) in [7, 11) is 1.40. The Bertz CT molecular complexity index is 1220. The highest BCUT2D eigenvalue weighted by Crippen LogP contribution is 2.37. The Morgan fingerprint density at radius 2 is 2.09 bits per heavy atom. The first kappa shape index (κ1) is 22.8. The molecule has 0 unspecified atom stereocenters. The second-order valence-corrected chi connectivity index (χ2v) is 7.13. The number of hydrogen-bond donors (Lipinski definition) is 2. The number of ether oxygens (including phenoxy) is 2. The quantitative estimate of drug-likeness (QED) is 0.289. The number of anilines is 1. The second-order valence-electron chi connectivity index (χ2n) is 6.34. The predicted octanol–water partition coefficient (Wildman–Crippen LogP) is 2.89. The summed E-state index contributed by atoms with van der Waals surface area (Å²) < 4.78 is 10.7. The Balaban J connectivity index is 2.03. The van der Waals surface area contributed by atoms with E-state index in [0.29, 0.717) is 5.56 Å². The number of terminal acetylenes is 1. The first-order valence-corrected chi connectivity index (χ1v) is 9.74. The van der Waals surface area contributed by atoms with E-state index in [1.165, 1.54) is 49.6 Å². The van der Waals surface area contributed by atoms with Crippen molar-refractivity contribution in [3.63, 3.8) is 0 Å². The molecule has 0 aliphatic carbocycles. The van der Waals surface area contributed by atoms with Gasteiger partial charge in [0.15, 0.2) is 16.6 Å². The van der Waals surface area contributed by atoms with Crippen molar-refractivity contribution in [1.82, 2.24) is 5.32 Å². The number of benzene rings is 2. The minimum Gasteiger partial charge on any atom is -0.493 e. The molecular weight excluding hydrogens is 456 g/mol. The van der Waals surface area contributed by atoms with Gasteiger partial charge in [0.25, 0.3) is 11.8 Å². The Hall–Kier alpha value is -3.87. The topological polar surface area (TPSA) is 105 Å². The number of amides is 2. The van der Waals surface area contributed by atoms with Crippen molar-refractivity contribution in [3.8, 4) is 23.8 Å². The van der Waals surface area contributed by atoms with Crippen molar-refractivity contribution < 1.29 is 29.0 Å². The van der Waals surface area contributed by atoms with E-state index in [0.717, 1.165) is 4.90 Å². The standard InChI is InChI=1S/C22H15ClN2O6S/c1-3-7-31-18-16(23)9-12(10-17(18)30-2)8-15-19(26)24-22(32)25(20(15)27)14-6-4-5-13(11-14)21(28)29/h1,4-6,8-11H,7H2,2H3,(H,28,29)(H,24,26,32). The van der Waals surface area contributed by atoms with Crippen LogP contribution in [0.4, 0.5) is 5.69 Å². The predicted molar refractivity (Wildman–Crippen MR) is 122 cm³/mol. The molecule has 10 heteroatoms. The molecule has 32 heavy (non-hydrogen) atoms. The van der Waals surface area contributed by atoms with Gasteiger partial charge in [-0.15, -0.1) is 6.42 Å². The number of carbonyl (C=O) groups excluding carboxylic acids is 2. The molecule has 0 bridgehead atoms. The third-order valence-corrected chi connectivity index (χ3v) is 4.88. The number of rotatable bonds is 6. The van der Waals surface area contributed by atoms with Crippen molar-refractivity contribution in [2.45, 2.75) is 0 Å². The zero-order chi connectivity index (χ0) is 23.4. The van der Waals surface area contributed by atoms with Gasteiger partial charge >= 0.3 is 5.97 Å². The average Bonchev–Trinajstić information content (AvgIpc) is 2.75. The first-order chi connectivity index (χ1) is 15.3. The third kappa shape index (κ3) is 4.56. The van der Waals surface area contributed by atoms with E-state index in [9.17, 15) is 19.5 Å². The van der Waals surface area contributed by atoms with Crippen LogP contribution in [0.5, 0.6) is 11.5 Å². The van der Waals surface area contributed by atoms with Gasteiger partial charge in [-0.25, -0.2) is 4.79 Å². The highest BCUT2D eigenvalue weighted by molar-refractivity contribution is 7.80. The third-order valence-electron chi connectivity index (χ3n) is 4.32. The summed E-state index contributed by atoms with van der Waals surface area (Å²) in [6, 6.07) is 8.62. The van der Waals surface area contributed by atoms with Crippen LogP contribution in [0.3, 0.4) is 0 Å². The summed E-state index contributed by atoms with van der Waals surface area (Å²) in [6.07, 6.45) is 6.51. The lowest BCUT2D eigenvalue weighted by Gasteiger charge is -2.29. The van der Waals surface area contributed by atoms with Gasteiger partial charge in [0.05, 0.1) is 23.4 Å². The van der Waals surface area contributed by atoms with Gasteiger partial charge in [-0.3, -0.25) is 19.8 Å².